The van der Waals surface area contributed by atoms with Gasteiger partial charge in [-0.2, -0.15) is 0 Å². The second-order valence-corrected chi connectivity index (χ2v) is 10.2. The molecule has 3 aromatic rings. The SMILES string of the molecule is Cc1ccc(S(=O)(=O)N2C[C@@H](C(=O)Nc3cc(Cl)ccc3C)Oc3ccc(C)cc32)cc1. The maximum absolute atomic E-state index is 13.5. The van der Waals surface area contributed by atoms with Gasteiger partial charge in [-0.15, -0.1) is 0 Å². The molecule has 1 amide bonds. The molecule has 32 heavy (non-hydrogen) atoms. The number of amides is 1. The van der Waals surface area contributed by atoms with Crippen LogP contribution in [0.4, 0.5) is 11.4 Å². The summed E-state index contributed by atoms with van der Waals surface area (Å²) in [4.78, 5) is 13.2. The lowest BCUT2D eigenvalue weighted by Crippen LogP contribution is -2.48. The largest absolute Gasteiger partial charge is 0.476 e. The number of nitrogens with zero attached hydrogens (tertiary/aromatic N) is 1. The molecule has 1 aliphatic heterocycles. The van der Waals surface area contributed by atoms with Gasteiger partial charge in [0.05, 0.1) is 17.1 Å². The van der Waals surface area contributed by atoms with E-state index in [0.29, 0.717) is 22.1 Å². The molecule has 1 heterocycles. The number of benzene rings is 3. The van der Waals surface area contributed by atoms with E-state index in [-0.39, 0.29) is 11.4 Å². The van der Waals surface area contributed by atoms with Crippen LogP contribution in [0.3, 0.4) is 0 Å². The molecule has 0 unspecified atom stereocenters. The lowest BCUT2D eigenvalue weighted by molar-refractivity contribution is -0.122. The minimum Gasteiger partial charge on any atom is -0.476 e. The highest BCUT2D eigenvalue weighted by Gasteiger charge is 2.37. The predicted octanol–water partition coefficient (Wildman–Crippen LogP) is 4.86. The van der Waals surface area contributed by atoms with Gasteiger partial charge in [0.25, 0.3) is 15.9 Å². The molecule has 0 spiro atoms. The van der Waals surface area contributed by atoms with E-state index < -0.39 is 22.0 Å². The first-order chi connectivity index (χ1) is 15.1. The third-order valence-electron chi connectivity index (χ3n) is 5.34. The molecule has 0 aliphatic carbocycles. The fourth-order valence-corrected chi connectivity index (χ4v) is 5.14. The lowest BCUT2D eigenvalue weighted by atomic mass is 10.1. The van der Waals surface area contributed by atoms with Gasteiger partial charge in [0, 0.05) is 10.7 Å². The summed E-state index contributed by atoms with van der Waals surface area (Å²) in [5, 5.41) is 3.30. The predicted molar refractivity (Wildman–Crippen MR) is 126 cm³/mol. The molecule has 0 saturated carbocycles. The van der Waals surface area contributed by atoms with Gasteiger partial charge in [-0.25, -0.2) is 8.42 Å². The summed E-state index contributed by atoms with van der Waals surface area (Å²) in [7, 11) is -3.91. The van der Waals surface area contributed by atoms with Crippen molar-refractivity contribution in [1.29, 1.82) is 0 Å². The highest BCUT2D eigenvalue weighted by molar-refractivity contribution is 7.92. The number of fused-ring (bicyclic) bond motifs is 1. The molecule has 3 aromatic carbocycles. The van der Waals surface area contributed by atoms with Gasteiger partial charge in [0.15, 0.2) is 6.10 Å². The Balaban J connectivity index is 1.70. The van der Waals surface area contributed by atoms with Crippen molar-refractivity contribution in [1.82, 2.24) is 0 Å². The number of aryl methyl sites for hydroxylation is 3. The van der Waals surface area contributed by atoms with Crippen LogP contribution in [0.15, 0.2) is 65.6 Å². The topological polar surface area (TPSA) is 75.7 Å². The maximum Gasteiger partial charge on any atom is 0.267 e. The van der Waals surface area contributed by atoms with Crippen molar-refractivity contribution in [2.24, 2.45) is 0 Å². The molecule has 0 fully saturated rings. The maximum atomic E-state index is 13.5. The summed E-state index contributed by atoms with van der Waals surface area (Å²) in [6, 6.07) is 17.1. The number of anilines is 2. The third-order valence-corrected chi connectivity index (χ3v) is 7.37. The fraction of sp³-hybridized carbons (Fsp3) is 0.208. The van der Waals surface area contributed by atoms with Crippen LogP contribution in [0.25, 0.3) is 0 Å². The molecular formula is C24H23ClN2O4S. The van der Waals surface area contributed by atoms with Crippen LogP contribution in [-0.2, 0) is 14.8 Å². The fourth-order valence-electron chi connectivity index (χ4n) is 3.51. The van der Waals surface area contributed by atoms with E-state index in [1.807, 2.05) is 26.8 Å². The summed E-state index contributed by atoms with van der Waals surface area (Å²) in [5.41, 5.74) is 3.63. The quantitative estimate of drug-likeness (QED) is 0.590. The first kappa shape index (κ1) is 22.2. The third kappa shape index (κ3) is 4.31. The number of nitrogens with one attached hydrogen (secondary N) is 1. The van der Waals surface area contributed by atoms with Crippen molar-refractivity contribution < 1.29 is 17.9 Å². The zero-order chi connectivity index (χ0) is 23.0. The van der Waals surface area contributed by atoms with Crippen LogP contribution in [-0.4, -0.2) is 27.0 Å². The molecule has 1 N–H and O–H groups in total. The summed E-state index contributed by atoms with van der Waals surface area (Å²) in [6.07, 6.45) is -1.04. The zero-order valence-corrected chi connectivity index (χ0v) is 19.5. The monoisotopic (exact) mass is 470 g/mol. The van der Waals surface area contributed by atoms with Crippen LogP contribution in [0, 0.1) is 20.8 Å². The van der Waals surface area contributed by atoms with Crippen molar-refractivity contribution in [3.05, 3.63) is 82.4 Å². The average molecular weight is 471 g/mol. The molecule has 1 aliphatic rings. The standard InChI is InChI=1S/C24H23ClN2O4S/c1-15-4-9-19(10-5-15)32(29,30)27-14-23(31-22-11-6-16(2)12-21(22)27)24(28)26-20-13-18(25)8-7-17(20)3/h4-13,23H,14H2,1-3H3,(H,26,28)/t23-/m0/s1. The highest BCUT2D eigenvalue weighted by atomic mass is 35.5. The highest BCUT2D eigenvalue weighted by Crippen LogP contribution is 2.38. The molecule has 0 saturated heterocycles. The van der Waals surface area contributed by atoms with Crippen LogP contribution in [0.5, 0.6) is 5.75 Å². The van der Waals surface area contributed by atoms with Gasteiger partial charge in [0.2, 0.25) is 0 Å². The number of ether oxygens (including phenoxy) is 1. The molecule has 0 bridgehead atoms. The van der Waals surface area contributed by atoms with E-state index in [9.17, 15) is 13.2 Å². The van der Waals surface area contributed by atoms with Crippen LogP contribution >= 0.6 is 11.6 Å². The van der Waals surface area contributed by atoms with Gasteiger partial charge in [-0.3, -0.25) is 9.10 Å². The van der Waals surface area contributed by atoms with Crippen LogP contribution in [0.2, 0.25) is 5.02 Å². The Morgan fingerprint density at radius 2 is 1.69 bits per heavy atom. The van der Waals surface area contributed by atoms with Crippen molar-refractivity contribution in [3.8, 4) is 5.75 Å². The van der Waals surface area contributed by atoms with Crippen molar-refractivity contribution in [2.75, 3.05) is 16.2 Å². The minimum atomic E-state index is -3.91. The van der Waals surface area contributed by atoms with Gasteiger partial charge in [-0.1, -0.05) is 41.4 Å². The number of hydrogen-bond acceptors (Lipinski definition) is 4. The van der Waals surface area contributed by atoms with Gasteiger partial charge in [-0.05, 0) is 68.3 Å². The molecular weight excluding hydrogens is 448 g/mol. The van der Waals surface area contributed by atoms with E-state index in [1.165, 1.54) is 4.31 Å². The summed E-state index contributed by atoms with van der Waals surface area (Å²) in [5.74, 6) is -0.119. The molecule has 4 rings (SSSR count). The van der Waals surface area contributed by atoms with Gasteiger partial charge in [0.1, 0.15) is 5.75 Å². The Labute approximate surface area is 192 Å². The summed E-state index contributed by atoms with van der Waals surface area (Å²) in [6.45, 7) is 5.46. The Bertz CT molecular complexity index is 1290. The number of halogens is 1. The second-order valence-electron chi connectivity index (χ2n) is 7.88. The molecule has 0 radical (unpaired) electrons. The molecule has 8 heteroatoms. The van der Waals surface area contributed by atoms with Gasteiger partial charge >= 0.3 is 0 Å². The molecule has 0 aromatic heterocycles. The Morgan fingerprint density at radius 1 is 1.00 bits per heavy atom. The zero-order valence-electron chi connectivity index (χ0n) is 17.9. The molecule has 166 valence electrons. The number of carbonyl (C=O) groups excluding carboxylic acids is 1. The normalized spacial score (nSPS) is 15.6. The first-order valence-corrected chi connectivity index (χ1v) is 11.9. The van der Waals surface area contributed by atoms with Crippen molar-refractivity contribution in [2.45, 2.75) is 31.8 Å². The van der Waals surface area contributed by atoms with Crippen molar-refractivity contribution in [3.63, 3.8) is 0 Å². The molecule has 1 atom stereocenters. The average Bonchev–Trinajstić information content (AvgIpc) is 2.75. The Hall–Kier alpha value is -3.03. The Kier molecular flexibility index (Phi) is 5.88. The van der Waals surface area contributed by atoms with E-state index in [1.54, 1.807) is 54.6 Å². The summed E-state index contributed by atoms with van der Waals surface area (Å²) >= 11 is 6.06. The number of hydrogen-bond donors (Lipinski definition) is 1. The summed E-state index contributed by atoms with van der Waals surface area (Å²) < 4.78 is 34.2. The van der Waals surface area contributed by atoms with E-state index in [2.05, 4.69) is 5.32 Å². The Morgan fingerprint density at radius 3 is 2.41 bits per heavy atom. The smallest absolute Gasteiger partial charge is 0.267 e. The number of sulfonamides is 1. The number of carbonyl (C=O) groups is 1. The molecule has 6 nitrogen and oxygen atoms in total. The van der Waals surface area contributed by atoms with E-state index >= 15 is 0 Å². The minimum absolute atomic E-state index is 0.155. The van der Waals surface area contributed by atoms with E-state index in [0.717, 1.165) is 16.7 Å². The van der Waals surface area contributed by atoms with Crippen LogP contribution < -0.4 is 14.4 Å². The second kappa shape index (κ2) is 8.48. The van der Waals surface area contributed by atoms with Crippen molar-refractivity contribution >= 4 is 38.9 Å². The lowest BCUT2D eigenvalue weighted by Gasteiger charge is -2.35. The van der Waals surface area contributed by atoms with E-state index in [4.69, 9.17) is 16.3 Å². The first-order valence-electron chi connectivity index (χ1n) is 10.1. The number of rotatable bonds is 4. The van der Waals surface area contributed by atoms with Crippen LogP contribution in [0.1, 0.15) is 16.7 Å². The van der Waals surface area contributed by atoms with Gasteiger partial charge < -0.3 is 10.1 Å².